The van der Waals surface area contributed by atoms with Crippen LogP contribution in [-0.4, -0.2) is 10.9 Å². The second-order valence-corrected chi connectivity index (χ2v) is 5.33. The SMILES string of the molecule is Cc1[nH]c2ccc(F)cc2c1CC(=O)Nc1ccc(C#N)cc1. The predicted molar refractivity (Wildman–Crippen MR) is 86.5 cm³/mol. The zero-order valence-corrected chi connectivity index (χ0v) is 12.5. The molecular formula is C18H14FN3O. The molecule has 0 aliphatic rings. The molecule has 0 aliphatic heterocycles. The van der Waals surface area contributed by atoms with Crippen molar-refractivity contribution >= 4 is 22.5 Å². The zero-order valence-electron chi connectivity index (χ0n) is 12.5. The van der Waals surface area contributed by atoms with E-state index in [1.807, 2.05) is 13.0 Å². The molecule has 0 radical (unpaired) electrons. The zero-order chi connectivity index (χ0) is 16.4. The first kappa shape index (κ1) is 14.8. The average Bonchev–Trinajstić information content (AvgIpc) is 2.84. The third kappa shape index (κ3) is 3.06. The molecule has 3 aromatic rings. The number of halogens is 1. The number of benzene rings is 2. The summed E-state index contributed by atoms with van der Waals surface area (Å²) in [6, 6.07) is 13.2. The first-order chi connectivity index (χ1) is 11.1. The van der Waals surface area contributed by atoms with Gasteiger partial charge in [-0.15, -0.1) is 0 Å². The molecule has 114 valence electrons. The number of hydrogen-bond acceptors (Lipinski definition) is 2. The Bertz CT molecular complexity index is 920. The van der Waals surface area contributed by atoms with Gasteiger partial charge in [0.1, 0.15) is 5.82 Å². The lowest BCUT2D eigenvalue weighted by Gasteiger charge is -2.06. The first-order valence-corrected chi connectivity index (χ1v) is 7.13. The Morgan fingerprint density at radius 3 is 2.70 bits per heavy atom. The standard InChI is InChI=1S/C18H14FN3O/c1-11-15(16-8-13(19)4-7-17(16)21-11)9-18(23)22-14-5-2-12(10-20)3-6-14/h2-8,21H,9H2,1H3,(H,22,23). The molecule has 0 bridgehead atoms. The molecule has 3 rings (SSSR count). The Labute approximate surface area is 132 Å². The molecule has 5 heteroatoms. The molecule has 4 nitrogen and oxygen atoms in total. The molecule has 0 unspecified atom stereocenters. The van der Waals surface area contributed by atoms with Crippen LogP contribution in [0.4, 0.5) is 10.1 Å². The second kappa shape index (κ2) is 5.93. The van der Waals surface area contributed by atoms with Crippen LogP contribution in [0.2, 0.25) is 0 Å². The highest BCUT2D eigenvalue weighted by molar-refractivity contribution is 5.96. The largest absolute Gasteiger partial charge is 0.358 e. The van der Waals surface area contributed by atoms with E-state index in [1.165, 1.54) is 12.1 Å². The Hall–Kier alpha value is -3.13. The Morgan fingerprint density at radius 2 is 2.00 bits per heavy atom. The topological polar surface area (TPSA) is 68.7 Å². The maximum Gasteiger partial charge on any atom is 0.228 e. The fourth-order valence-electron chi connectivity index (χ4n) is 2.58. The van der Waals surface area contributed by atoms with Crippen molar-refractivity contribution in [2.24, 2.45) is 0 Å². The predicted octanol–water partition coefficient (Wildman–Crippen LogP) is 3.67. The van der Waals surface area contributed by atoms with Crippen LogP contribution in [0, 0.1) is 24.1 Å². The first-order valence-electron chi connectivity index (χ1n) is 7.13. The number of aromatic nitrogens is 1. The minimum Gasteiger partial charge on any atom is -0.358 e. The molecular weight excluding hydrogens is 293 g/mol. The van der Waals surface area contributed by atoms with E-state index in [-0.39, 0.29) is 18.1 Å². The molecule has 1 aromatic heterocycles. The van der Waals surface area contributed by atoms with Crippen molar-refractivity contribution in [2.45, 2.75) is 13.3 Å². The molecule has 0 saturated heterocycles. The summed E-state index contributed by atoms with van der Waals surface area (Å²) in [5, 5.41) is 12.3. The van der Waals surface area contributed by atoms with Gasteiger partial charge < -0.3 is 10.3 Å². The quantitative estimate of drug-likeness (QED) is 0.775. The maximum atomic E-state index is 13.4. The van der Waals surface area contributed by atoms with Crippen molar-refractivity contribution < 1.29 is 9.18 Å². The van der Waals surface area contributed by atoms with Crippen LogP contribution in [0.25, 0.3) is 10.9 Å². The minimum absolute atomic E-state index is 0.148. The summed E-state index contributed by atoms with van der Waals surface area (Å²) in [4.78, 5) is 15.4. The van der Waals surface area contributed by atoms with Crippen LogP contribution in [-0.2, 0) is 11.2 Å². The molecule has 23 heavy (non-hydrogen) atoms. The number of H-pyrrole nitrogens is 1. The van der Waals surface area contributed by atoms with E-state index in [4.69, 9.17) is 5.26 Å². The Morgan fingerprint density at radius 1 is 1.26 bits per heavy atom. The monoisotopic (exact) mass is 307 g/mol. The molecule has 0 fully saturated rings. The fourth-order valence-corrected chi connectivity index (χ4v) is 2.58. The molecule has 0 aliphatic carbocycles. The van der Waals surface area contributed by atoms with Gasteiger partial charge in [-0.3, -0.25) is 4.79 Å². The lowest BCUT2D eigenvalue weighted by Crippen LogP contribution is -2.14. The number of carbonyl (C=O) groups excluding carboxylic acids is 1. The summed E-state index contributed by atoms with van der Waals surface area (Å²) < 4.78 is 13.4. The van der Waals surface area contributed by atoms with Crippen molar-refractivity contribution in [3.63, 3.8) is 0 Å². The number of nitriles is 1. The summed E-state index contributed by atoms with van der Waals surface area (Å²) in [6.07, 6.45) is 0.148. The molecule has 0 atom stereocenters. The number of aryl methyl sites for hydroxylation is 1. The Kier molecular flexibility index (Phi) is 3.82. The third-order valence-electron chi connectivity index (χ3n) is 3.72. The highest BCUT2D eigenvalue weighted by Crippen LogP contribution is 2.24. The third-order valence-corrected chi connectivity index (χ3v) is 3.72. The number of amides is 1. The van der Waals surface area contributed by atoms with Crippen LogP contribution < -0.4 is 5.32 Å². The van der Waals surface area contributed by atoms with Gasteiger partial charge in [-0.05, 0) is 55.0 Å². The summed E-state index contributed by atoms with van der Waals surface area (Å²) in [5.41, 5.74) is 3.60. The number of anilines is 1. The van der Waals surface area contributed by atoms with E-state index in [9.17, 15) is 9.18 Å². The lowest BCUT2D eigenvalue weighted by atomic mass is 10.1. The van der Waals surface area contributed by atoms with E-state index in [0.29, 0.717) is 11.3 Å². The van der Waals surface area contributed by atoms with Gasteiger partial charge in [-0.1, -0.05) is 0 Å². The summed E-state index contributed by atoms with van der Waals surface area (Å²) in [6.45, 7) is 1.86. The van der Waals surface area contributed by atoms with Crippen LogP contribution in [0.5, 0.6) is 0 Å². The van der Waals surface area contributed by atoms with E-state index < -0.39 is 0 Å². The van der Waals surface area contributed by atoms with Gasteiger partial charge in [0.05, 0.1) is 18.1 Å². The van der Waals surface area contributed by atoms with Gasteiger partial charge in [-0.2, -0.15) is 5.26 Å². The molecule has 1 heterocycles. The van der Waals surface area contributed by atoms with Crippen LogP contribution in [0.3, 0.4) is 0 Å². The van der Waals surface area contributed by atoms with Crippen molar-refractivity contribution in [1.82, 2.24) is 4.98 Å². The van der Waals surface area contributed by atoms with Gasteiger partial charge in [0.15, 0.2) is 0 Å². The fraction of sp³-hybridized carbons (Fsp3) is 0.111. The number of rotatable bonds is 3. The maximum absolute atomic E-state index is 13.4. The van der Waals surface area contributed by atoms with Crippen molar-refractivity contribution in [3.8, 4) is 6.07 Å². The number of hydrogen-bond donors (Lipinski definition) is 2. The minimum atomic E-state index is -0.328. The molecule has 2 aromatic carbocycles. The normalized spacial score (nSPS) is 10.5. The van der Waals surface area contributed by atoms with Gasteiger partial charge >= 0.3 is 0 Å². The van der Waals surface area contributed by atoms with Crippen LogP contribution in [0.15, 0.2) is 42.5 Å². The smallest absolute Gasteiger partial charge is 0.228 e. The number of nitrogens with one attached hydrogen (secondary N) is 2. The molecule has 1 amide bonds. The summed E-state index contributed by atoms with van der Waals surface area (Å²) in [7, 11) is 0. The van der Waals surface area contributed by atoms with Crippen molar-refractivity contribution in [3.05, 3.63) is 65.1 Å². The molecule has 2 N–H and O–H groups in total. The summed E-state index contributed by atoms with van der Waals surface area (Å²) in [5.74, 6) is -0.520. The Balaban J connectivity index is 1.81. The van der Waals surface area contributed by atoms with Gasteiger partial charge in [0.25, 0.3) is 0 Å². The number of nitrogens with zero attached hydrogens (tertiary/aromatic N) is 1. The molecule has 0 spiro atoms. The highest BCUT2D eigenvalue weighted by atomic mass is 19.1. The van der Waals surface area contributed by atoms with Gasteiger partial charge in [0.2, 0.25) is 5.91 Å². The molecule has 0 saturated carbocycles. The van der Waals surface area contributed by atoms with Crippen molar-refractivity contribution in [1.29, 1.82) is 5.26 Å². The second-order valence-electron chi connectivity index (χ2n) is 5.33. The van der Waals surface area contributed by atoms with Crippen molar-refractivity contribution in [2.75, 3.05) is 5.32 Å². The average molecular weight is 307 g/mol. The van der Waals surface area contributed by atoms with Gasteiger partial charge in [0, 0.05) is 22.3 Å². The number of aromatic amines is 1. The van der Waals surface area contributed by atoms with E-state index >= 15 is 0 Å². The van der Waals surface area contributed by atoms with E-state index in [2.05, 4.69) is 10.3 Å². The number of fused-ring (bicyclic) bond motifs is 1. The van der Waals surface area contributed by atoms with Crippen LogP contribution in [0.1, 0.15) is 16.8 Å². The highest BCUT2D eigenvalue weighted by Gasteiger charge is 2.13. The van der Waals surface area contributed by atoms with Crippen LogP contribution >= 0.6 is 0 Å². The van der Waals surface area contributed by atoms with E-state index in [0.717, 1.165) is 22.2 Å². The summed E-state index contributed by atoms with van der Waals surface area (Å²) >= 11 is 0. The lowest BCUT2D eigenvalue weighted by molar-refractivity contribution is -0.115. The number of carbonyl (C=O) groups is 1. The van der Waals surface area contributed by atoms with Gasteiger partial charge in [-0.25, -0.2) is 4.39 Å². The van der Waals surface area contributed by atoms with E-state index in [1.54, 1.807) is 30.3 Å².